The molecule has 0 radical (unpaired) electrons. The van der Waals surface area contributed by atoms with Crippen molar-refractivity contribution >= 4 is 75.4 Å². The van der Waals surface area contributed by atoms with E-state index in [0.29, 0.717) is 34.9 Å². The van der Waals surface area contributed by atoms with Crippen molar-refractivity contribution in [2.45, 2.75) is 0 Å². The summed E-state index contributed by atoms with van der Waals surface area (Å²) in [6, 6.07) is 1.65. The molecule has 0 spiro atoms. The van der Waals surface area contributed by atoms with Gasteiger partial charge in [-0.1, -0.05) is 23.2 Å². The molecule has 1 saturated heterocycles. The van der Waals surface area contributed by atoms with Gasteiger partial charge in [-0.2, -0.15) is 0 Å². The molecule has 3 N–H and O–H groups in total. The smallest absolute Gasteiger partial charge is 0.191 e. The van der Waals surface area contributed by atoms with Gasteiger partial charge in [0.05, 0.1) is 16.6 Å². The zero-order valence-electron chi connectivity index (χ0n) is 13.9. The summed E-state index contributed by atoms with van der Waals surface area (Å²) in [7, 11) is 0. The van der Waals surface area contributed by atoms with Crippen molar-refractivity contribution < 1.29 is 0 Å². The zero-order chi connectivity index (χ0) is 17.6. The van der Waals surface area contributed by atoms with Crippen LogP contribution in [0.5, 0.6) is 0 Å². The van der Waals surface area contributed by atoms with Gasteiger partial charge >= 0.3 is 0 Å². The van der Waals surface area contributed by atoms with Gasteiger partial charge < -0.3 is 20.9 Å². The highest BCUT2D eigenvalue weighted by Crippen LogP contribution is 2.22. The number of halogens is 3. The van der Waals surface area contributed by atoms with Crippen LogP contribution in [0.2, 0.25) is 10.0 Å². The van der Waals surface area contributed by atoms with Crippen LogP contribution in [-0.2, 0) is 0 Å². The highest BCUT2D eigenvalue weighted by Gasteiger charge is 2.19. The van der Waals surface area contributed by atoms with Gasteiger partial charge in [0, 0.05) is 50.5 Å². The first-order chi connectivity index (χ1) is 12.1. The summed E-state index contributed by atoms with van der Waals surface area (Å²) in [5.74, 6) is 1.16. The highest BCUT2D eigenvalue weighted by atomic mass is 127. The Morgan fingerprint density at radius 3 is 2.69 bits per heavy atom. The largest absolute Gasteiger partial charge is 0.370 e. The number of aromatic nitrogens is 2. The fraction of sp³-hybridized carbons (Fsp3) is 0.400. The Morgan fingerprint density at radius 2 is 2.04 bits per heavy atom. The minimum absolute atomic E-state index is 0. The van der Waals surface area contributed by atoms with E-state index in [1.807, 2.05) is 11.6 Å². The molecule has 3 rings (SSSR count). The predicted octanol–water partition coefficient (Wildman–Crippen LogP) is 3.01. The van der Waals surface area contributed by atoms with Crippen LogP contribution in [-0.4, -0.2) is 60.1 Å². The lowest BCUT2D eigenvalue weighted by Gasteiger charge is -2.35. The van der Waals surface area contributed by atoms with Gasteiger partial charge in [-0.05, 0) is 6.07 Å². The summed E-state index contributed by atoms with van der Waals surface area (Å²) in [6.45, 7) is 4.60. The third-order valence-electron chi connectivity index (χ3n) is 3.78. The Morgan fingerprint density at radius 1 is 1.27 bits per heavy atom. The van der Waals surface area contributed by atoms with Crippen molar-refractivity contribution in [1.29, 1.82) is 0 Å². The molecular formula is C15H20Cl2IN7S. The number of aliphatic imine (C=N–C) groups is 1. The number of pyridine rings is 1. The van der Waals surface area contributed by atoms with Crippen LogP contribution in [0.15, 0.2) is 28.8 Å². The summed E-state index contributed by atoms with van der Waals surface area (Å²) < 4.78 is 0. The predicted molar refractivity (Wildman–Crippen MR) is 121 cm³/mol. The molecule has 0 aromatic carbocycles. The van der Waals surface area contributed by atoms with E-state index in [1.54, 1.807) is 23.6 Å². The quantitative estimate of drug-likeness (QED) is 0.269. The standard InChI is InChI=1S/C15H19Cl2N7S.HI/c16-11-9-12(17)13(22-10-11)19-1-2-20-14(18)23-4-6-24(7-5-23)15-21-3-8-25-15;/h3,8-10H,1-2,4-7H2,(H2,18,20)(H,19,22);1H. The number of piperazine rings is 1. The number of hydrogen-bond acceptors (Lipinski definition) is 6. The van der Waals surface area contributed by atoms with E-state index >= 15 is 0 Å². The summed E-state index contributed by atoms with van der Waals surface area (Å²) >= 11 is 13.5. The number of anilines is 2. The van der Waals surface area contributed by atoms with Crippen molar-refractivity contribution in [2.75, 3.05) is 49.5 Å². The van der Waals surface area contributed by atoms with Crippen LogP contribution in [0.3, 0.4) is 0 Å². The third kappa shape index (κ3) is 5.73. The molecule has 142 valence electrons. The number of guanidine groups is 1. The van der Waals surface area contributed by atoms with Gasteiger partial charge in [-0.25, -0.2) is 9.97 Å². The molecule has 7 nitrogen and oxygen atoms in total. The first-order valence-corrected chi connectivity index (χ1v) is 9.51. The van der Waals surface area contributed by atoms with E-state index < -0.39 is 0 Å². The molecule has 1 aliphatic rings. The first kappa shape index (κ1) is 21.3. The lowest BCUT2D eigenvalue weighted by molar-refractivity contribution is 0.381. The molecular weight excluding hydrogens is 508 g/mol. The second kappa shape index (κ2) is 10.3. The van der Waals surface area contributed by atoms with E-state index in [0.717, 1.165) is 31.3 Å². The van der Waals surface area contributed by atoms with E-state index in [-0.39, 0.29) is 24.0 Å². The third-order valence-corrected chi connectivity index (χ3v) is 5.11. The molecule has 1 fully saturated rings. The number of hydrogen-bond donors (Lipinski definition) is 2. The Bertz CT molecular complexity index is 721. The molecule has 0 unspecified atom stereocenters. The van der Waals surface area contributed by atoms with E-state index in [1.165, 1.54) is 0 Å². The Kier molecular flexibility index (Phi) is 8.45. The van der Waals surface area contributed by atoms with Crippen LogP contribution >= 0.6 is 58.5 Å². The molecule has 0 aliphatic carbocycles. The van der Waals surface area contributed by atoms with E-state index in [2.05, 4.69) is 30.1 Å². The van der Waals surface area contributed by atoms with Crippen LogP contribution in [0, 0.1) is 0 Å². The molecule has 11 heteroatoms. The highest BCUT2D eigenvalue weighted by molar-refractivity contribution is 14.0. The molecule has 2 aromatic heterocycles. The first-order valence-electron chi connectivity index (χ1n) is 7.87. The van der Waals surface area contributed by atoms with Gasteiger partial charge in [0.1, 0.15) is 5.82 Å². The topological polar surface area (TPSA) is 82.7 Å². The summed E-state index contributed by atoms with van der Waals surface area (Å²) in [5, 5.41) is 7.18. The van der Waals surface area contributed by atoms with Crippen LogP contribution in [0.1, 0.15) is 0 Å². The maximum absolute atomic E-state index is 6.10. The van der Waals surface area contributed by atoms with Crippen molar-refractivity contribution in [3.05, 3.63) is 33.9 Å². The van der Waals surface area contributed by atoms with Gasteiger partial charge in [0.25, 0.3) is 0 Å². The molecule has 0 bridgehead atoms. The van der Waals surface area contributed by atoms with Gasteiger partial charge in [-0.3, -0.25) is 4.99 Å². The number of thiazole rings is 1. The monoisotopic (exact) mass is 527 g/mol. The summed E-state index contributed by atoms with van der Waals surface area (Å²) in [6.07, 6.45) is 3.38. The molecule has 2 aromatic rings. The van der Waals surface area contributed by atoms with Crippen LogP contribution in [0.4, 0.5) is 10.9 Å². The number of nitrogens with one attached hydrogen (secondary N) is 1. The maximum Gasteiger partial charge on any atom is 0.191 e. The molecule has 0 saturated carbocycles. The molecule has 3 heterocycles. The molecule has 0 amide bonds. The van der Waals surface area contributed by atoms with Gasteiger partial charge in [0.15, 0.2) is 11.1 Å². The average molecular weight is 528 g/mol. The minimum Gasteiger partial charge on any atom is -0.370 e. The fourth-order valence-corrected chi connectivity index (χ4v) is 3.63. The van der Waals surface area contributed by atoms with Crippen LogP contribution < -0.4 is 16.0 Å². The summed E-state index contributed by atoms with van der Waals surface area (Å²) in [5.41, 5.74) is 6.10. The van der Waals surface area contributed by atoms with Crippen LogP contribution in [0.25, 0.3) is 0 Å². The van der Waals surface area contributed by atoms with Crippen molar-refractivity contribution in [3.63, 3.8) is 0 Å². The van der Waals surface area contributed by atoms with Gasteiger partial charge in [0.2, 0.25) is 0 Å². The molecule has 0 atom stereocenters. The lowest BCUT2D eigenvalue weighted by Crippen LogP contribution is -2.51. The van der Waals surface area contributed by atoms with E-state index in [9.17, 15) is 0 Å². The zero-order valence-corrected chi connectivity index (χ0v) is 18.6. The molecule has 1 aliphatic heterocycles. The SMILES string of the molecule is I.NC(=NCCNc1ncc(Cl)cc1Cl)N1CCN(c2nccs2)CC1. The van der Waals surface area contributed by atoms with E-state index in [4.69, 9.17) is 28.9 Å². The van der Waals surface area contributed by atoms with Crippen molar-refractivity contribution in [1.82, 2.24) is 14.9 Å². The molecule has 26 heavy (non-hydrogen) atoms. The number of nitrogens with two attached hydrogens (primary N) is 1. The Hall–Kier alpha value is -1.04. The average Bonchev–Trinajstić information content (AvgIpc) is 3.15. The second-order valence-electron chi connectivity index (χ2n) is 5.44. The normalized spacial score (nSPS) is 14.9. The number of rotatable bonds is 5. The maximum atomic E-state index is 6.10. The Balaban J connectivity index is 0.00000243. The fourth-order valence-electron chi connectivity index (χ4n) is 2.49. The Labute approximate surface area is 183 Å². The van der Waals surface area contributed by atoms with Crippen molar-refractivity contribution in [3.8, 4) is 0 Å². The minimum atomic E-state index is 0. The second-order valence-corrected chi connectivity index (χ2v) is 7.16. The lowest BCUT2D eigenvalue weighted by atomic mass is 10.3. The summed E-state index contributed by atoms with van der Waals surface area (Å²) in [4.78, 5) is 17.3. The number of nitrogens with zero attached hydrogens (tertiary/aromatic N) is 5. The van der Waals surface area contributed by atoms with Crippen molar-refractivity contribution in [2.24, 2.45) is 10.7 Å². The van der Waals surface area contributed by atoms with Gasteiger partial charge in [-0.15, -0.1) is 35.3 Å².